The van der Waals surface area contributed by atoms with Crippen LogP contribution in [0.2, 0.25) is 0 Å². The SMILES string of the molecule is CCCCc1ccc(-c2ccccc2C(C)=O)o1. The molecule has 0 unspecified atom stereocenters. The monoisotopic (exact) mass is 242 g/mol. The summed E-state index contributed by atoms with van der Waals surface area (Å²) in [5.74, 6) is 1.84. The van der Waals surface area contributed by atoms with Gasteiger partial charge in [-0.1, -0.05) is 37.6 Å². The number of benzene rings is 1. The van der Waals surface area contributed by atoms with Crippen LogP contribution in [0.25, 0.3) is 11.3 Å². The first-order valence-electron chi connectivity index (χ1n) is 6.41. The Bertz CT molecular complexity index is 538. The molecule has 1 aromatic heterocycles. The van der Waals surface area contributed by atoms with Crippen LogP contribution in [0.5, 0.6) is 0 Å². The molecule has 2 rings (SSSR count). The van der Waals surface area contributed by atoms with Crippen molar-refractivity contribution in [2.24, 2.45) is 0 Å². The summed E-state index contributed by atoms with van der Waals surface area (Å²) < 4.78 is 5.81. The average Bonchev–Trinajstić information content (AvgIpc) is 2.85. The second-order valence-electron chi connectivity index (χ2n) is 4.47. The van der Waals surface area contributed by atoms with Gasteiger partial charge in [-0.3, -0.25) is 4.79 Å². The molecule has 2 nitrogen and oxygen atoms in total. The van der Waals surface area contributed by atoms with E-state index in [0.29, 0.717) is 5.56 Å². The quantitative estimate of drug-likeness (QED) is 0.723. The molecule has 94 valence electrons. The molecule has 0 radical (unpaired) electrons. The molecule has 0 aliphatic carbocycles. The molecule has 18 heavy (non-hydrogen) atoms. The Morgan fingerprint density at radius 2 is 1.94 bits per heavy atom. The molecule has 1 heterocycles. The lowest BCUT2D eigenvalue weighted by Gasteiger charge is -2.03. The Morgan fingerprint density at radius 1 is 1.17 bits per heavy atom. The maximum atomic E-state index is 11.6. The van der Waals surface area contributed by atoms with E-state index in [1.807, 2.05) is 36.4 Å². The first-order valence-corrected chi connectivity index (χ1v) is 6.41. The highest BCUT2D eigenvalue weighted by Gasteiger charge is 2.11. The first kappa shape index (κ1) is 12.6. The molecule has 0 amide bonds. The van der Waals surface area contributed by atoms with Crippen molar-refractivity contribution in [1.29, 1.82) is 0 Å². The van der Waals surface area contributed by atoms with Gasteiger partial charge in [0.1, 0.15) is 11.5 Å². The summed E-state index contributed by atoms with van der Waals surface area (Å²) in [4.78, 5) is 11.6. The fraction of sp³-hybridized carbons (Fsp3) is 0.312. The first-order chi connectivity index (χ1) is 8.72. The lowest BCUT2D eigenvalue weighted by molar-refractivity contribution is 0.101. The number of furan rings is 1. The van der Waals surface area contributed by atoms with Crippen LogP contribution in [0.1, 0.15) is 42.8 Å². The van der Waals surface area contributed by atoms with E-state index >= 15 is 0 Å². The van der Waals surface area contributed by atoms with E-state index in [9.17, 15) is 4.79 Å². The zero-order chi connectivity index (χ0) is 13.0. The summed E-state index contributed by atoms with van der Waals surface area (Å²) in [6, 6.07) is 11.5. The van der Waals surface area contributed by atoms with Crippen molar-refractivity contribution in [2.75, 3.05) is 0 Å². The largest absolute Gasteiger partial charge is 0.461 e. The van der Waals surface area contributed by atoms with Crippen molar-refractivity contribution in [3.05, 3.63) is 47.7 Å². The van der Waals surface area contributed by atoms with Gasteiger partial charge in [0.25, 0.3) is 0 Å². The fourth-order valence-electron chi connectivity index (χ4n) is 2.01. The summed E-state index contributed by atoms with van der Waals surface area (Å²) >= 11 is 0. The number of hydrogen-bond donors (Lipinski definition) is 0. The minimum atomic E-state index is 0.0668. The van der Waals surface area contributed by atoms with E-state index in [2.05, 4.69) is 6.92 Å². The molecule has 0 N–H and O–H groups in total. The number of carbonyl (C=O) groups is 1. The highest BCUT2D eigenvalue weighted by Crippen LogP contribution is 2.26. The van der Waals surface area contributed by atoms with Gasteiger partial charge in [0.15, 0.2) is 5.78 Å². The molecule has 0 fully saturated rings. The second kappa shape index (κ2) is 5.67. The van der Waals surface area contributed by atoms with Crippen molar-refractivity contribution in [1.82, 2.24) is 0 Å². The molecule has 0 saturated heterocycles. The van der Waals surface area contributed by atoms with Gasteiger partial charge >= 0.3 is 0 Å². The molecule has 0 aliphatic rings. The van der Waals surface area contributed by atoms with Crippen LogP contribution in [0.3, 0.4) is 0 Å². The molecular formula is C16H18O2. The molecule has 0 atom stereocenters. The summed E-state index contributed by atoms with van der Waals surface area (Å²) in [7, 11) is 0. The van der Waals surface area contributed by atoms with E-state index in [0.717, 1.165) is 36.3 Å². The van der Waals surface area contributed by atoms with Crippen molar-refractivity contribution in [2.45, 2.75) is 33.1 Å². The standard InChI is InChI=1S/C16H18O2/c1-3-4-7-13-10-11-16(18-13)15-9-6-5-8-14(15)12(2)17/h5-6,8-11H,3-4,7H2,1-2H3. The predicted molar refractivity (Wildman–Crippen MR) is 72.8 cm³/mol. The Hall–Kier alpha value is -1.83. The zero-order valence-electron chi connectivity index (χ0n) is 10.9. The van der Waals surface area contributed by atoms with Gasteiger partial charge in [-0.2, -0.15) is 0 Å². The van der Waals surface area contributed by atoms with Gasteiger partial charge < -0.3 is 4.42 Å². The smallest absolute Gasteiger partial charge is 0.160 e. The average molecular weight is 242 g/mol. The number of hydrogen-bond acceptors (Lipinski definition) is 2. The molecule has 2 aromatic rings. The molecule has 2 heteroatoms. The van der Waals surface area contributed by atoms with E-state index in [1.54, 1.807) is 6.92 Å². The minimum Gasteiger partial charge on any atom is -0.461 e. The summed E-state index contributed by atoms with van der Waals surface area (Å²) in [6.07, 6.45) is 3.24. The minimum absolute atomic E-state index is 0.0668. The molecule has 0 bridgehead atoms. The van der Waals surface area contributed by atoms with Crippen LogP contribution < -0.4 is 0 Å². The van der Waals surface area contributed by atoms with Gasteiger partial charge in [-0.15, -0.1) is 0 Å². The van der Waals surface area contributed by atoms with Gasteiger partial charge in [-0.25, -0.2) is 0 Å². The predicted octanol–water partition coefficient (Wildman–Crippen LogP) is 4.49. The Kier molecular flexibility index (Phi) is 3.98. The molecule has 0 aliphatic heterocycles. The number of carbonyl (C=O) groups excluding carboxylic acids is 1. The Morgan fingerprint density at radius 3 is 2.67 bits per heavy atom. The van der Waals surface area contributed by atoms with Gasteiger partial charge in [0.2, 0.25) is 0 Å². The van der Waals surface area contributed by atoms with Crippen LogP contribution in [0.15, 0.2) is 40.8 Å². The Balaban J connectivity index is 2.31. The third-order valence-corrected chi connectivity index (χ3v) is 3.01. The summed E-state index contributed by atoms with van der Waals surface area (Å²) in [5.41, 5.74) is 1.60. The number of aryl methyl sites for hydroxylation is 1. The highest BCUT2D eigenvalue weighted by molar-refractivity contribution is 6.00. The number of rotatable bonds is 5. The molecule has 0 saturated carbocycles. The van der Waals surface area contributed by atoms with E-state index < -0.39 is 0 Å². The van der Waals surface area contributed by atoms with Gasteiger partial charge in [0.05, 0.1) is 0 Å². The van der Waals surface area contributed by atoms with Crippen molar-refractivity contribution in [3.63, 3.8) is 0 Å². The normalized spacial score (nSPS) is 10.6. The maximum Gasteiger partial charge on any atom is 0.160 e. The van der Waals surface area contributed by atoms with Gasteiger partial charge in [0, 0.05) is 17.5 Å². The topological polar surface area (TPSA) is 30.2 Å². The maximum absolute atomic E-state index is 11.6. The number of Topliss-reactive ketones (excluding diaryl/α,β-unsaturated/α-hetero) is 1. The third-order valence-electron chi connectivity index (χ3n) is 3.01. The number of ketones is 1. The zero-order valence-corrected chi connectivity index (χ0v) is 10.9. The van der Waals surface area contributed by atoms with Crippen LogP contribution in [0.4, 0.5) is 0 Å². The van der Waals surface area contributed by atoms with Crippen LogP contribution in [-0.4, -0.2) is 5.78 Å². The van der Waals surface area contributed by atoms with Crippen LogP contribution in [-0.2, 0) is 6.42 Å². The molecule has 1 aromatic carbocycles. The van der Waals surface area contributed by atoms with E-state index in [-0.39, 0.29) is 5.78 Å². The fourth-order valence-corrected chi connectivity index (χ4v) is 2.01. The van der Waals surface area contributed by atoms with Crippen molar-refractivity contribution >= 4 is 5.78 Å². The van der Waals surface area contributed by atoms with Crippen LogP contribution >= 0.6 is 0 Å². The highest BCUT2D eigenvalue weighted by atomic mass is 16.3. The van der Waals surface area contributed by atoms with E-state index in [1.165, 1.54) is 0 Å². The third kappa shape index (κ3) is 2.70. The lowest BCUT2D eigenvalue weighted by atomic mass is 10.0. The summed E-state index contributed by atoms with van der Waals surface area (Å²) in [5, 5.41) is 0. The van der Waals surface area contributed by atoms with Gasteiger partial charge in [-0.05, 0) is 25.5 Å². The molecular weight excluding hydrogens is 224 g/mol. The van der Waals surface area contributed by atoms with Crippen LogP contribution in [0, 0.1) is 0 Å². The Labute approximate surface area is 108 Å². The summed E-state index contributed by atoms with van der Waals surface area (Å²) in [6.45, 7) is 3.74. The van der Waals surface area contributed by atoms with Crippen molar-refractivity contribution < 1.29 is 9.21 Å². The van der Waals surface area contributed by atoms with Crippen molar-refractivity contribution in [3.8, 4) is 11.3 Å². The second-order valence-corrected chi connectivity index (χ2v) is 4.47. The lowest BCUT2D eigenvalue weighted by Crippen LogP contribution is -1.94. The van der Waals surface area contributed by atoms with E-state index in [4.69, 9.17) is 4.42 Å². The molecule has 0 spiro atoms. The number of unbranched alkanes of at least 4 members (excludes halogenated alkanes) is 1.